The smallest absolute Gasteiger partial charge is 0.346 e. The van der Waals surface area contributed by atoms with Gasteiger partial charge in [0.2, 0.25) is 0 Å². The molecule has 0 saturated carbocycles. The first kappa shape index (κ1) is 18.0. The van der Waals surface area contributed by atoms with E-state index in [9.17, 15) is 9.59 Å². The molecule has 0 aromatic heterocycles. The van der Waals surface area contributed by atoms with Gasteiger partial charge in [0.25, 0.3) is 0 Å². The van der Waals surface area contributed by atoms with Gasteiger partial charge in [0.15, 0.2) is 0 Å². The molecule has 4 rings (SSSR count). The van der Waals surface area contributed by atoms with E-state index in [1.807, 2.05) is 48.6 Å². The van der Waals surface area contributed by atoms with Crippen molar-refractivity contribution in [3.05, 3.63) is 76.9 Å². The van der Waals surface area contributed by atoms with Crippen molar-refractivity contribution in [3.63, 3.8) is 0 Å². The minimum atomic E-state index is -0.595. The summed E-state index contributed by atoms with van der Waals surface area (Å²) in [6.07, 6.45) is 6.14. The zero-order valence-corrected chi connectivity index (χ0v) is 15.6. The van der Waals surface area contributed by atoms with Gasteiger partial charge in [-0.2, -0.15) is 0 Å². The number of carbonyl (C=O) groups is 2. The molecule has 0 spiro atoms. The van der Waals surface area contributed by atoms with E-state index in [4.69, 9.17) is 9.47 Å². The molecule has 0 N–H and O–H groups in total. The highest BCUT2D eigenvalue weighted by molar-refractivity contribution is 6.21. The Labute approximate surface area is 163 Å². The summed E-state index contributed by atoms with van der Waals surface area (Å²) in [6.45, 7) is 2.87. The third kappa shape index (κ3) is 3.41. The van der Waals surface area contributed by atoms with Crippen molar-refractivity contribution in [2.75, 3.05) is 6.61 Å². The average molecular weight is 372 g/mol. The van der Waals surface area contributed by atoms with Gasteiger partial charge in [-0.25, -0.2) is 9.59 Å². The van der Waals surface area contributed by atoms with Crippen LogP contribution >= 0.6 is 0 Å². The topological polar surface area (TPSA) is 52.6 Å². The molecule has 3 aromatic carbocycles. The molecule has 0 atom stereocenters. The van der Waals surface area contributed by atoms with Crippen molar-refractivity contribution in [2.45, 2.75) is 19.8 Å². The predicted molar refractivity (Wildman–Crippen MR) is 109 cm³/mol. The molecular weight excluding hydrogens is 352 g/mol. The van der Waals surface area contributed by atoms with Gasteiger partial charge >= 0.3 is 11.9 Å². The molecule has 3 aromatic rings. The lowest BCUT2D eigenvalue weighted by atomic mass is 9.93. The van der Waals surface area contributed by atoms with Crippen LogP contribution in [0.25, 0.3) is 22.9 Å². The van der Waals surface area contributed by atoms with Gasteiger partial charge in [0.1, 0.15) is 5.75 Å². The van der Waals surface area contributed by atoms with Crippen LogP contribution in [0.1, 0.15) is 51.6 Å². The number of hydrogen-bond acceptors (Lipinski definition) is 4. The van der Waals surface area contributed by atoms with E-state index in [1.54, 1.807) is 18.2 Å². The van der Waals surface area contributed by atoms with Gasteiger partial charge in [0, 0.05) is 5.39 Å². The third-order valence-electron chi connectivity index (χ3n) is 4.80. The van der Waals surface area contributed by atoms with Crippen LogP contribution in [0.15, 0.2) is 54.6 Å². The van der Waals surface area contributed by atoms with Crippen molar-refractivity contribution in [3.8, 4) is 5.75 Å². The van der Waals surface area contributed by atoms with Crippen molar-refractivity contribution < 1.29 is 19.1 Å². The zero-order chi connectivity index (χ0) is 19.5. The largest absolute Gasteiger partial charge is 0.494 e. The minimum absolute atomic E-state index is 0.427. The highest BCUT2D eigenvalue weighted by Gasteiger charge is 2.27. The number of cyclic esters (lactones) is 2. The molecule has 4 nitrogen and oxygen atoms in total. The Morgan fingerprint density at radius 2 is 1.64 bits per heavy atom. The lowest BCUT2D eigenvalue weighted by Gasteiger charge is -2.16. The monoisotopic (exact) mass is 372 g/mol. The van der Waals surface area contributed by atoms with Crippen molar-refractivity contribution in [1.82, 2.24) is 0 Å². The second-order valence-electron chi connectivity index (χ2n) is 6.71. The van der Waals surface area contributed by atoms with Crippen LogP contribution in [0, 0.1) is 0 Å². The molecule has 0 aliphatic carbocycles. The van der Waals surface area contributed by atoms with Gasteiger partial charge in [-0.05, 0) is 47.2 Å². The number of benzene rings is 3. The zero-order valence-electron chi connectivity index (χ0n) is 15.6. The molecule has 140 valence electrons. The molecule has 0 amide bonds. The molecule has 1 heterocycles. The van der Waals surface area contributed by atoms with Crippen LogP contribution in [0.3, 0.4) is 0 Å². The van der Waals surface area contributed by atoms with Crippen LogP contribution in [0.4, 0.5) is 0 Å². The number of carbonyl (C=O) groups excluding carboxylic acids is 2. The van der Waals surface area contributed by atoms with E-state index < -0.39 is 11.9 Å². The lowest BCUT2D eigenvalue weighted by Crippen LogP contribution is -2.19. The summed E-state index contributed by atoms with van der Waals surface area (Å²) in [5.74, 6) is -0.324. The Bertz CT molecular complexity index is 1060. The Balaban J connectivity index is 1.63. The second-order valence-corrected chi connectivity index (χ2v) is 6.71. The predicted octanol–water partition coefficient (Wildman–Crippen LogP) is 5.50. The Kier molecular flexibility index (Phi) is 4.94. The molecule has 28 heavy (non-hydrogen) atoms. The molecule has 4 heteroatoms. The number of esters is 2. The van der Waals surface area contributed by atoms with E-state index in [0.29, 0.717) is 16.5 Å². The standard InChI is InChI=1S/C24H20O4/c1-2-3-15-27-18-12-8-16(9-13-18)7-10-17-11-14-21-22-19(17)5-4-6-20(22)23(25)28-24(21)26/h4-14H,2-3,15H2,1H3/b10-7+. The first-order chi connectivity index (χ1) is 13.7. The normalized spacial score (nSPS) is 13.2. The second kappa shape index (κ2) is 7.69. The van der Waals surface area contributed by atoms with Gasteiger partial charge in [-0.1, -0.05) is 55.8 Å². The lowest BCUT2D eigenvalue weighted by molar-refractivity contribution is 0.0391. The quantitative estimate of drug-likeness (QED) is 0.248. The average Bonchev–Trinajstić information content (AvgIpc) is 2.71. The molecule has 0 fully saturated rings. The summed E-state index contributed by atoms with van der Waals surface area (Å²) in [7, 11) is 0. The highest BCUT2D eigenvalue weighted by Crippen LogP contribution is 2.31. The summed E-state index contributed by atoms with van der Waals surface area (Å²) in [4.78, 5) is 24.1. The maximum absolute atomic E-state index is 12.0. The van der Waals surface area contributed by atoms with Gasteiger partial charge in [-0.3, -0.25) is 0 Å². The number of rotatable bonds is 6. The third-order valence-corrected chi connectivity index (χ3v) is 4.80. The molecule has 0 unspecified atom stereocenters. The van der Waals surface area contributed by atoms with Gasteiger partial charge < -0.3 is 9.47 Å². The molecule has 0 bridgehead atoms. The maximum Gasteiger partial charge on any atom is 0.346 e. The first-order valence-electron chi connectivity index (χ1n) is 9.40. The fourth-order valence-electron chi connectivity index (χ4n) is 3.30. The number of hydrogen-bond donors (Lipinski definition) is 0. The Morgan fingerprint density at radius 1 is 0.893 bits per heavy atom. The molecule has 0 saturated heterocycles. The number of unbranched alkanes of at least 4 members (excludes halogenated alkanes) is 1. The van der Waals surface area contributed by atoms with Crippen LogP contribution in [-0.2, 0) is 4.74 Å². The van der Waals surface area contributed by atoms with Crippen LogP contribution in [0.2, 0.25) is 0 Å². The van der Waals surface area contributed by atoms with E-state index in [2.05, 4.69) is 6.92 Å². The van der Waals surface area contributed by atoms with Crippen molar-refractivity contribution in [1.29, 1.82) is 0 Å². The molecule has 0 radical (unpaired) electrons. The molecule has 1 aliphatic rings. The maximum atomic E-state index is 12.0. The van der Waals surface area contributed by atoms with E-state index in [-0.39, 0.29) is 0 Å². The van der Waals surface area contributed by atoms with E-state index in [0.717, 1.165) is 41.7 Å². The van der Waals surface area contributed by atoms with Gasteiger partial charge in [0.05, 0.1) is 17.7 Å². The van der Waals surface area contributed by atoms with Crippen LogP contribution < -0.4 is 4.74 Å². The fourth-order valence-corrected chi connectivity index (χ4v) is 3.30. The van der Waals surface area contributed by atoms with Gasteiger partial charge in [-0.15, -0.1) is 0 Å². The molecular formula is C24H20O4. The van der Waals surface area contributed by atoms with Crippen molar-refractivity contribution >= 4 is 34.9 Å². The Morgan fingerprint density at radius 3 is 2.39 bits per heavy atom. The minimum Gasteiger partial charge on any atom is -0.494 e. The Hall–Kier alpha value is -3.40. The SMILES string of the molecule is CCCCOc1ccc(/C=C/c2ccc3c4c(cccc24)C(=O)OC3=O)cc1. The fraction of sp³-hybridized carbons (Fsp3) is 0.167. The summed E-state index contributed by atoms with van der Waals surface area (Å²) >= 11 is 0. The van der Waals surface area contributed by atoms with E-state index >= 15 is 0 Å². The van der Waals surface area contributed by atoms with E-state index in [1.165, 1.54) is 0 Å². The molecule has 1 aliphatic heterocycles. The highest BCUT2D eigenvalue weighted by atomic mass is 16.6. The summed E-state index contributed by atoms with van der Waals surface area (Å²) in [6, 6.07) is 16.9. The summed E-state index contributed by atoms with van der Waals surface area (Å²) < 4.78 is 10.5. The van der Waals surface area contributed by atoms with Crippen LogP contribution in [0.5, 0.6) is 5.75 Å². The van der Waals surface area contributed by atoms with Crippen molar-refractivity contribution in [2.24, 2.45) is 0 Å². The number of ether oxygens (including phenoxy) is 2. The summed E-state index contributed by atoms with van der Waals surface area (Å²) in [5, 5.41) is 1.52. The van der Waals surface area contributed by atoms with Crippen LogP contribution in [-0.4, -0.2) is 18.5 Å². The summed E-state index contributed by atoms with van der Waals surface area (Å²) in [5.41, 5.74) is 2.83. The first-order valence-corrected chi connectivity index (χ1v) is 9.40.